The average Bonchev–Trinajstić information content (AvgIpc) is 2.72. The normalized spacial score (nSPS) is 33.3. The van der Waals surface area contributed by atoms with Crippen LogP contribution in [0.4, 0.5) is 0 Å². The second kappa shape index (κ2) is 9.26. The zero-order chi connectivity index (χ0) is 18.9. The molecule has 0 aromatic rings. The molecule has 12 nitrogen and oxygen atoms in total. The minimum Gasteiger partial charge on any atom is -0.756 e. The SMILES string of the molecule is CO[C@@H]1C[C@H](C2CCC2)O[C@@H]1COP(=O)([O-])OP(=O)([O-])OP(=O)([O-])O.[B]. The van der Waals surface area contributed by atoms with Crippen molar-refractivity contribution in [3.63, 3.8) is 0 Å². The Hall–Kier alpha value is 0.395. The van der Waals surface area contributed by atoms with Gasteiger partial charge in [-0.2, -0.15) is 0 Å². The molecule has 1 N–H and O–H groups in total. The molecule has 2 fully saturated rings. The lowest BCUT2D eigenvalue weighted by atomic mass is 9.80. The van der Waals surface area contributed by atoms with E-state index >= 15 is 0 Å². The molecule has 16 heteroatoms. The Kier molecular flexibility index (Phi) is 8.70. The minimum atomic E-state index is -5.89. The van der Waals surface area contributed by atoms with Crippen molar-refractivity contribution in [2.45, 2.75) is 44.0 Å². The lowest BCUT2D eigenvalue weighted by Gasteiger charge is -2.33. The molecule has 2 rings (SSSR count). The monoisotopic (exact) mass is 434 g/mol. The third-order valence-electron chi connectivity index (χ3n) is 4.01. The Morgan fingerprint density at radius 3 is 2.19 bits per heavy atom. The van der Waals surface area contributed by atoms with Gasteiger partial charge >= 0.3 is 0 Å². The van der Waals surface area contributed by atoms with E-state index in [0.717, 1.165) is 19.3 Å². The number of ether oxygens (including phenoxy) is 2. The quantitative estimate of drug-likeness (QED) is 0.346. The van der Waals surface area contributed by atoms with Gasteiger partial charge in [-0.3, -0.25) is 13.7 Å². The van der Waals surface area contributed by atoms with Crippen molar-refractivity contribution < 1.29 is 55.9 Å². The number of phosphoric acid groups is 3. The van der Waals surface area contributed by atoms with Gasteiger partial charge in [0.1, 0.15) is 6.10 Å². The third kappa shape index (κ3) is 7.43. The maximum atomic E-state index is 11.5. The molecule has 0 bridgehead atoms. The molecule has 0 aromatic carbocycles. The van der Waals surface area contributed by atoms with Crippen molar-refractivity contribution in [1.29, 1.82) is 0 Å². The first kappa shape index (κ1) is 24.4. The molecular weight excluding hydrogens is 416 g/mol. The van der Waals surface area contributed by atoms with Crippen LogP contribution in [0.3, 0.4) is 0 Å². The highest BCUT2D eigenvalue weighted by molar-refractivity contribution is 7.65. The summed E-state index contributed by atoms with van der Waals surface area (Å²) in [5.74, 6) is 0.365. The number of hydrogen-bond acceptors (Lipinski definition) is 11. The Morgan fingerprint density at radius 1 is 1.12 bits per heavy atom. The van der Waals surface area contributed by atoms with E-state index in [-0.39, 0.29) is 14.5 Å². The number of rotatable bonds is 9. The molecule has 2 aliphatic rings. The van der Waals surface area contributed by atoms with E-state index in [4.69, 9.17) is 14.4 Å². The van der Waals surface area contributed by atoms with Gasteiger partial charge in [0.2, 0.25) is 0 Å². The maximum absolute atomic E-state index is 11.5. The van der Waals surface area contributed by atoms with E-state index in [1.165, 1.54) is 7.11 Å². The molecule has 3 unspecified atom stereocenters. The van der Waals surface area contributed by atoms with Crippen molar-refractivity contribution in [3.05, 3.63) is 0 Å². The van der Waals surface area contributed by atoms with Crippen molar-refractivity contribution in [1.82, 2.24) is 0 Å². The third-order valence-corrected chi connectivity index (χ3v) is 7.70. The van der Waals surface area contributed by atoms with Gasteiger partial charge in [0.25, 0.3) is 23.5 Å². The van der Waals surface area contributed by atoms with Crippen molar-refractivity contribution in [2.75, 3.05) is 13.7 Å². The average molecular weight is 434 g/mol. The lowest BCUT2D eigenvalue weighted by Crippen LogP contribution is -2.30. The molecule has 3 radical (unpaired) electrons. The first-order valence-corrected chi connectivity index (χ1v) is 11.7. The Labute approximate surface area is 152 Å². The van der Waals surface area contributed by atoms with Gasteiger partial charge in [-0.25, -0.2) is 8.62 Å². The molecule has 1 saturated heterocycles. The molecule has 151 valence electrons. The molecular formula is C10H18BO12P3-3. The summed E-state index contributed by atoms with van der Waals surface area (Å²) in [6, 6.07) is 0. The fourth-order valence-corrected chi connectivity index (χ4v) is 5.61. The van der Waals surface area contributed by atoms with Crippen LogP contribution in [0.2, 0.25) is 0 Å². The van der Waals surface area contributed by atoms with Crippen LogP contribution in [0, 0.1) is 5.92 Å². The smallest absolute Gasteiger partial charge is 0.280 e. The molecule has 1 saturated carbocycles. The molecule has 1 aliphatic heterocycles. The van der Waals surface area contributed by atoms with Gasteiger partial charge in [0.05, 0.1) is 18.8 Å². The second-order valence-corrected chi connectivity index (χ2v) is 10.0. The van der Waals surface area contributed by atoms with Crippen LogP contribution in [0.25, 0.3) is 0 Å². The van der Waals surface area contributed by atoms with Crippen molar-refractivity contribution in [3.8, 4) is 0 Å². The largest absolute Gasteiger partial charge is 0.756 e. The summed E-state index contributed by atoms with van der Waals surface area (Å²) >= 11 is 0. The summed E-state index contributed by atoms with van der Waals surface area (Å²) in [4.78, 5) is 41.3. The first-order chi connectivity index (χ1) is 11.4. The van der Waals surface area contributed by atoms with E-state index in [2.05, 4.69) is 13.1 Å². The zero-order valence-corrected chi connectivity index (χ0v) is 16.4. The fourth-order valence-electron chi connectivity index (χ4n) is 2.71. The van der Waals surface area contributed by atoms with Gasteiger partial charge < -0.3 is 33.6 Å². The maximum Gasteiger partial charge on any atom is 0.280 e. The molecule has 6 atom stereocenters. The standard InChI is InChI=1S/C10H21O12P3.B/c1-18-9-5-8(7-3-2-4-7)20-10(9)6-19-24(14,15)22-25(16,17)21-23(11,12)13;/h7-10H,2-6H2,1H3,(H,14,15)(H,16,17)(H2,11,12,13);/p-3/t8-,9-,10-;/m1./s1. The minimum absolute atomic E-state index is 0. The van der Waals surface area contributed by atoms with Crippen LogP contribution < -0.4 is 14.7 Å². The molecule has 1 heterocycles. The van der Waals surface area contributed by atoms with Crippen LogP contribution in [-0.2, 0) is 36.3 Å². The second-order valence-electron chi connectivity index (χ2n) is 5.74. The molecule has 26 heavy (non-hydrogen) atoms. The van der Waals surface area contributed by atoms with Crippen LogP contribution in [0.5, 0.6) is 0 Å². The lowest BCUT2D eigenvalue weighted by molar-refractivity contribution is -0.250. The molecule has 0 amide bonds. The van der Waals surface area contributed by atoms with E-state index in [1.807, 2.05) is 0 Å². The highest BCUT2D eigenvalue weighted by atomic mass is 31.3. The van der Waals surface area contributed by atoms with Crippen LogP contribution in [0.15, 0.2) is 0 Å². The van der Waals surface area contributed by atoms with Crippen LogP contribution >= 0.6 is 23.5 Å². The van der Waals surface area contributed by atoms with Gasteiger partial charge in [0.15, 0.2) is 0 Å². The van der Waals surface area contributed by atoms with Crippen molar-refractivity contribution >= 4 is 31.9 Å². The summed E-state index contributed by atoms with van der Waals surface area (Å²) in [5, 5.41) is 0. The predicted octanol–water partition coefficient (Wildman–Crippen LogP) is -0.974. The van der Waals surface area contributed by atoms with Crippen LogP contribution in [0.1, 0.15) is 25.7 Å². The van der Waals surface area contributed by atoms with Gasteiger partial charge in [-0.15, -0.1) is 0 Å². The highest BCUT2D eigenvalue weighted by Gasteiger charge is 2.41. The number of methoxy groups -OCH3 is 1. The Morgan fingerprint density at radius 2 is 1.73 bits per heavy atom. The zero-order valence-electron chi connectivity index (χ0n) is 13.7. The topological polar surface area (TPSA) is 187 Å². The number of hydrogen-bond donors (Lipinski definition) is 1. The molecule has 0 spiro atoms. The van der Waals surface area contributed by atoms with Crippen molar-refractivity contribution in [2.24, 2.45) is 5.92 Å². The fraction of sp³-hybridized carbons (Fsp3) is 1.00. The summed E-state index contributed by atoms with van der Waals surface area (Å²) in [6.07, 6.45) is 2.34. The van der Waals surface area contributed by atoms with Gasteiger partial charge in [0, 0.05) is 21.9 Å². The summed E-state index contributed by atoms with van der Waals surface area (Å²) < 4.78 is 55.1. The van der Waals surface area contributed by atoms with Gasteiger partial charge in [-0.1, -0.05) is 6.42 Å². The molecule has 0 aromatic heterocycles. The van der Waals surface area contributed by atoms with E-state index in [0.29, 0.717) is 12.3 Å². The highest BCUT2D eigenvalue weighted by Crippen LogP contribution is 2.61. The van der Waals surface area contributed by atoms with Crippen LogP contribution in [-0.4, -0.2) is 45.3 Å². The number of phosphoric ester groups is 1. The van der Waals surface area contributed by atoms with E-state index in [1.54, 1.807) is 0 Å². The molecule has 1 aliphatic carbocycles. The van der Waals surface area contributed by atoms with Gasteiger partial charge in [-0.05, 0) is 18.8 Å². The Balaban J connectivity index is 0.00000338. The first-order valence-electron chi connectivity index (χ1n) is 7.32. The summed E-state index contributed by atoms with van der Waals surface area (Å²) in [6.45, 7) is -0.587. The predicted molar refractivity (Wildman–Crippen MR) is 80.3 cm³/mol. The van der Waals surface area contributed by atoms with E-state index in [9.17, 15) is 28.4 Å². The van der Waals surface area contributed by atoms with E-state index < -0.39 is 42.3 Å². The summed E-state index contributed by atoms with van der Waals surface area (Å²) in [5.41, 5.74) is 0. The summed E-state index contributed by atoms with van der Waals surface area (Å²) in [7, 11) is -15.7. The Bertz CT molecular complexity index is 606.